The summed E-state index contributed by atoms with van der Waals surface area (Å²) in [7, 11) is 0. The van der Waals surface area contributed by atoms with Gasteiger partial charge in [-0.1, -0.05) is 30.3 Å². The summed E-state index contributed by atoms with van der Waals surface area (Å²) in [4.78, 5) is 19.3. The molecule has 1 atom stereocenters. The van der Waals surface area contributed by atoms with E-state index < -0.39 is 0 Å². The van der Waals surface area contributed by atoms with Crippen molar-refractivity contribution in [1.29, 1.82) is 0 Å². The van der Waals surface area contributed by atoms with Crippen molar-refractivity contribution < 1.29 is 9.53 Å². The number of carbonyl (C=O) groups is 1. The lowest BCUT2D eigenvalue weighted by Gasteiger charge is -2.29. The van der Waals surface area contributed by atoms with E-state index in [1.807, 2.05) is 18.3 Å². The molecule has 1 aliphatic heterocycles. The second-order valence-electron chi connectivity index (χ2n) is 7.00. The highest BCUT2D eigenvalue weighted by Gasteiger charge is 2.24. The van der Waals surface area contributed by atoms with E-state index in [2.05, 4.69) is 39.5 Å². The second-order valence-corrected chi connectivity index (χ2v) is 7.00. The summed E-state index contributed by atoms with van der Waals surface area (Å²) in [6.45, 7) is 3.66. The number of nitrogens with zero attached hydrogens (tertiary/aromatic N) is 2. The van der Waals surface area contributed by atoms with Crippen molar-refractivity contribution in [2.75, 3.05) is 31.2 Å². The first-order valence-corrected chi connectivity index (χ1v) is 9.42. The number of nitrogens with one attached hydrogen (secondary N) is 1. The maximum absolute atomic E-state index is 12.5. The summed E-state index contributed by atoms with van der Waals surface area (Å²) in [6.07, 6.45) is 4.52. The first-order chi connectivity index (χ1) is 12.8. The molecule has 0 saturated carbocycles. The number of fused-ring (bicyclic) bond motifs is 1. The molecule has 2 heterocycles. The fraction of sp³-hybridized carbons (Fsp3) is 0.429. The minimum atomic E-state index is 0.114. The molecule has 0 unspecified atom stereocenters. The molecule has 1 aliphatic carbocycles. The van der Waals surface area contributed by atoms with Gasteiger partial charge in [-0.25, -0.2) is 4.98 Å². The molecule has 136 valence electrons. The Kier molecular flexibility index (Phi) is 5.16. The Morgan fingerprint density at radius 1 is 1.19 bits per heavy atom. The van der Waals surface area contributed by atoms with Crippen LogP contribution in [0.25, 0.3) is 0 Å². The van der Waals surface area contributed by atoms with Crippen LogP contribution in [-0.2, 0) is 22.5 Å². The predicted octanol–water partition coefficient (Wildman–Crippen LogP) is 2.65. The fourth-order valence-corrected chi connectivity index (χ4v) is 3.98. The number of carbonyl (C=O) groups excluding carboxylic acids is 1. The molecular weight excluding hydrogens is 326 g/mol. The number of aromatic nitrogens is 1. The van der Waals surface area contributed by atoms with Crippen LogP contribution in [0.1, 0.15) is 35.4 Å². The molecule has 1 amide bonds. The van der Waals surface area contributed by atoms with Crippen molar-refractivity contribution in [3.8, 4) is 0 Å². The van der Waals surface area contributed by atoms with Crippen LogP contribution in [-0.4, -0.2) is 37.2 Å². The molecule has 1 N–H and O–H groups in total. The Hall–Kier alpha value is -2.40. The quantitative estimate of drug-likeness (QED) is 0.900. The van der Waals surface area contributed by atoms with E-state index in [4.69, 9.17) is 4.74 Å². The molecule has 0 spiro atoms. The van der Waals surface area contributed by atoms with Gasteiger partial charge in [0.05, 0.1) is 13.2 Å². The normalized spacial score (nSPS) is 19.2. The summed E-state index contributed by atoms with van der Waals surface area (Å²) in [6, 6.07) is 12.5. The molecule has 4 rings (SSSR count). The molecule has 0 radical (unpaired) electrons. The summed E-state index contributed by atoms with van der Waals surface area (Å²) >= 11 is 0. The molecule has 1 fully saturated rings. The average molecular weight is 351 g/mol. The van der Waals surface area contributed by atoms with Gasteiger partial charge in [-0.3, -0.25) is 4.79 Å². The van der Waals surface area contributed by atoms with Gasteiger partial charge in [0, 0.05) is 37.8 Å². The fourth-order valence-electron chi connectivity index (χ4n) is 3.98. The van der Waals surface area contributed by atoms with Gasteiger partial charge >= 0.3 is 0 Å². The topological polar surface area (TPSA) is 54.5 Å². The molecule has 1 saturated heterocycles. The number of hydrogen-bond donors (Lipinski definition) is 1. The highest BCUT2D eigenvalue weighted by Crippen LogP contribution is 2.35. The van der Waals surface area contributed by atoms with E-state index in [0.29, 0.717) is 18.9 Å². The van der Waals surface area contributed by atoms with E-state index in [-0.39, 0.29) is 5.91 Å². The molecule has 5 heteroatoms. The average Bonchev–Trinajstić information content (AvgIpc) is 3.10. The number of benzene rings is 1. The van der Waals surface area contributed by atoms with Crippen LogP contribution in [0, 0.1) is 0 Å². The molecule has 0 bridgehead atoms. The summed E-state index contributed by atoms with van der Waals surface area (Å²) in [5.41, 5.74) is 3.81. The van der Waals surface area contributed by atoms with Crippen LogP contribution < -0.4 is 10.2 Å². The van der Waals surface area contributed by atoms with Crippen molar-refractivity contribution in [3.63, 3.8) is 0 Å². The van der Waals surface area contributed by atoms with Gasteiger partial charge in [0.25, 0.3) is 0 Å². The van der Waals surface area contributed by atoms with Gasteiger partial charge in [-0.05, 0) is 36.0 Å². The van der Waals surface area contributed by atoms with E-state index >= 15 is 0 Å². The van der Waals surface area contributed by atoms with E-state index in [1.165, 1.54) is 11.1 Å². The molecule has 5 nitrogen and oxygen atoms in total. The van der Waals surface area contributed by atoms with Gasteiger partial charge in [0.15, 0.2) is 0 Å². The minimum Gasteiger partial charge on any atom is -0.378 e. The first kappa shape index (κ1) is 17.0. The van der Waals surface area contributed by atoms with Crippen LogP contribution in [0.3, 0.4) is 0 Å². The third-order valence-electron chi connectivity index (χ3n) is 5.34. The highest BCUT2D eigenvalue weighted by atomic mass is 16.5. The maximum Gasteiger partial charge on any atom is 0.220 e. The van der Waals surface area contributed by atoms with Gasteiger partial charge in [-0.2, -0.15) is 0 Å². The van der Waals surface area contributed by atoms with Crippen molar-refractivity contribution >= 4 is 11.7 Å². The number of aryl methyl sites for hydroxylation is 1. The van der Waals surface area contributed by atoms with Crippen LogP contribution in [0.2, 0.25) is 0 Å². The monoisotopic (exact) mass is 351 g/mol. The zero-order chi connectivity index (χ0) is 17.8. The SMILES string of the molecule is O=C(C[C@H]1CCc2ccccc21)NCc1cccnc1N1CCOCC1. The maximum atomic E-state index is 12.5. The number of anilines is 1. The zero-order valence-electron chi connectivity index (χ0n) is 15.0. The largest absolute Gasteiger partial charge is 0.378 e. The van der Waals surface area contributed by atoms with Crippen LogP contribution >= 0.6 is 0 Å². The molecule has 26 heavy (non-hydrogen) atoms. The third-order valence-corrected chi connectivity index (χ3v) is 5.34. The number of rotatable bonds is 5. The van der Waals surface area contributed by atoms with Crippen LogP contribution in [0.15, 0.2) is 42.6 Å². The Morgan fingerprint density at radius 3 is 2.92 bits per heavy atom. The molecule has 2 aromatic rings. The molecule has 1 aromatic heterocycles. The lowest BCUT2D eigenvalue weighted by Crippen LogP contribution is -2.37. The third kappa shape index (κ3) is 3.73. The van der Waals surface area contributed by atoms with E-state index in [0.717, 1.165) is 50.5 Å². The summed E-state index contributed by atoms with van der Waals surface area (Å²) in [5, 5.41) is 3.10. The summed E-state index contributed by atoms with van der Waals surface area (Å²) < 4.78 is 5.42. The minimum absolute atomic E-state index is 0.114. The Morgan fingerprint density at radius 2 is 2.04 bits per heavy atom. The van der Waals surface area contributed by atoms with E-state index in [1.54, 1.807) is 0 Å². The molecule has 1 aromatic carbocycles. The van der Waals surface area contributed by atoms with E-state index in [9.17, 15) is 4.79 Å². The predicted molar refractivity (Wildman–Crippen MR) is 101 cm³/mol. The molecule has 2 aliphatic rings. The van der Waals surface area contributed by atoms with Crippen LogP contribution in [0.4, 0.5) is 5.82 Å². The zero-order valence-corrected chi connectivity index (χ0v) is 15.0. The van der Waals surface area contributed by atoms with Crippen molar-refractivity contribution in [3.05, 3.63) is 59.3 Å². The smallest absolute Gasteiger partial charge is 0.220 e. The van der Waals surface area contributed by atoms with Crippen LogP contribution in [0.5, 0.6) is 0 Å². The highest BCUT2D eigenvalue weighted by molar-refractivity contribution is 5.77. The van der Waals surface area contributed by atoms with Gasteiger partial charge in [0.1, 0.15) is 5.82 Å². The number of pyridine rings is 1. The first-order valence-electron chi connectivity index (χ1n) is 9.42. The Balaban J connectivity index is 1.37. The number of morpholine rings is 1. The van der Waals surface area contributed by atoms with Crippen molar-refractivity contribution in [2.45, 2.75) is 31.7 Å². The number of hydrogen-bond acceptors (Lipinski definition) is 4. The Bertz CT molecular complexity index is 771. The van der Waals surface area contributed by atoms with Gasteiger partial charge in [0.2, 0.25) is 5.91 Å². The Labute approximate surface area is 154 Å². The van der Waals surface area contributed by atoms with Crippen molar-refractivity contribution in [2.24, 2.45) is 0 Å². The lowest BCUT2D eigenvalue weighted by molar-refractivity contribution is -0.121. The van der Waals surface area contributed by atoms with Crippen molar-refractivity contribution in [1.82, 2.24) is 10.3 Å². The second kappa shape index (κ2) is 7.87. The van der Waals surface area contributed by atoms with Gasteiger partial charge in [-0.15, -0.1) is 0 Å². The summed E-state index contributed by atoms with van der Waals surface area (Å²) in [5.74, 6) is 1.42. The standard InChI is InChI=1S/C21H25N3O2/c25-20(14-17-8-7-16-4-1-2-6-19(16)17)23-15-18-5-3-9-22-21(18)24-10-12-26-13-11-24/h1-6,9,17H,7-8,10-15H2,(H,23,25)/t17-/m1/s1. The molecular formula is C21H25N3O2. The number of ether oxygens (including phenoxy) is 1. The number of amides is 1. The van der Waals surface area contributed by atoms with Gasteiger partial charge < -0.3 is 15.0 Å². The lowest BCUT2D eigenvalue weighted by atomic mass is 9.97.